The molecule has 1 saturated carbocycles. The van der Waals surface area contributed by atoms with E-state index in [1.165, 1.54) is 23.8 Å². The van der Waals surface area contributed by atoms with Crippen LogP contribution in [0.3, 0.4) is 0 Å². The highest BCUT2D eigenvalue weighted by molar-refractivity contribution is 5.87. The zero-order valence-electron chi connectivity index (χ0n) is 11.5. The van der Waals surface area contributed by atoms with E-state index in [1.807, 2.05) is 18.2 Å². The third-order valence-electron chi connectivity index (χ3n) is 4.00. The minimum absolute atomic E-state index is 0.0973. The van der Waals surface area contributed by atoms with Crippen molar-refractivity contribution in [2.75, 3.05) is 7.11 Å². The van der Waals surface area contributed by atoms with Crippen LogP contribution >= 0.6 is 0 Å². The smallest absolute Gasteiger partial charge is 0.314 e. The Morgan fingerprint density at radius 3 is 2.33 bits per heavy atom. The Kier molecular flexibility index (Phi) is 3.29. The Labute approximate surface area is 109 Å². The van der Waals surface area contributed by atoms with Gasteiger partial charge in [0, 0.05) is 5.41 Å². The molecular weight excluding hydrogens is 224 g/mol. The molecule has 0 N–H and O–H groups in total. The number of hydrogen-bond donors (Lipinski definition) is 0. The van der Waals surface area contributed by atoms with E-state index in [0.717, 1.165) is 6.42 Å². The summed E-state index contributed by atoms with van der Waals surface area (Å²) in [4.78, 5) is 12.0. The molecule has 0 spiro atoms. The molecule has 0 saturated heterocycles. The van der Waals surface area contributed by atoms with Crippen LogP contribution in [0.15, 0.2) is 41.5 Å². The Morgan fingerprint density at radius 1 is 1.28 bits per heavy atom. The number of benzene rings is 1. The van der Waals surface area contributed by atoms with Gasteiger partial charge in [0.05, 0.1) is 13.0 Å². The molecule has 2 nitrogen and oxygen atoms in total. The van der Waals surface area contributed by atoms with Crippen LogP contribution in [0.4, 0.5) is 0 Å². The molecule has 0 amide bonds. The van der Waals surface area contributed by atoms with Crippen LogP contribution in [0.5, 0.6) is 0 Å². The summed E-state index contributed by atoms with van der Waals surface area (Å²) < 4.78 is 4.96. The largest absolute Gasteiger partial charge is 0.469 e. The van der Waals surface area contributed by atoms with Gasteiger partial charge in [-0.3, -0.25) is 4.79 Å². The molecule has 0 bridgehead atoms. The molecule has 2 rings (SSSR count). The summed E-state index contributed by atoms with van der Waals surface area (Å²) in [5.74, 6) is -0.211. The summed E-state index contributed by atoms with van der Waals surface area (Å²) in [6.45, 7) is 6.29. The predicted octanol–water partition coefficient (Wildman–Crippen LogP) is 3.47. The van der Waals surface area contributed by atoms with Gasteiger partial charge in [-0.15, -0.1) is 0 Å². The van der Waals surface area contributed by atoms with Crippen molar-refractivity contribution in [2.45, 2.75) is 32.6 Å². The Morgan fingerprint density at radius 2 is 1.89 bits per heavy atom. The molecule has 0 radical (unpaired) electrons. The summed E-state index contributed by atoms with van der Waals surface area (Å²) in [5, 5.41) is 0. The van der Waals surface area contributed by atoms with E-state index in [-0.39, 0.29) is 17.3 Å². The Bertz CT molecular complexity index is 483. The highest BCUT2D eigenvalue weighted by atomic mass is 16.5. The van der Waals surface area contributed by atoms with Crippen LogP contribution < -0.4 is 0 Å². The average Bonchev–Trinajstić information content (AvgIpc) is 3.09. The second kappa shape index (κ2) is 4.60. The van der Waals surface area contributed by atoms with Crippen molar-refractivity contribution in [3.63, 3.8) is 0 Å². The van der Waals surface area contributed by atoms with Crippen molar-refractivity contribution in [3.8, 4) is 0 Å². The molecule has 1 fully saturated rings. The average molecular weight is 244 g/mol. The molecule has 96 valence electrons. The lowest BCUT2D eigenvalue weighted by molar-refractivity contribution is -0.142. The minimum Gasteiger partial charge on any atom is -0.469 e. The van der Waals surface area contributed by atoms with E-state index in [4.69, 9.17) is 4.74 Å². The summed E-state index contributed by atoms with van der Waals surface area (Å²) >= 11 is 0. The monoisotopic (exact) mass is 244 g/mol. The molecule has 0 aromatic heterocycles. The van der Waals surface area contributed by atoms with Crippen LogP contribution in [-0.4, -0.2) is 13.1 Å². The molecule has 2 atom stereocenters. The summed E-state index contributed by atoms with van der Waals surface area (Å²) in [5.41, 5.74) is 3.56. The first-order valence-corrected chi connectivity index (χ1v) is 6.40. The first kappa shape index (κ1) is 12.9. The van der Waals surface area contributed by atoms with Crippen LogP contribution in [0.1, 0.15) is 32.8 Å². The lowest BCUT2D eigenvalue weighted by atomic mass is 9.89. The maximum atomic E-state index is 12.0. The second-order valence-electron chi connectivity index (χ2n) is 5.06. The van der Waals surface area contributed by atoms with Crippen molar-refractivity contribution in [1.82, 2.24) is 0 Å². The van der Waals surface area contributed by atoms with Crippen molar-refractivity contribution in [1.29, 1.82) is 0 Å². The van der Waals surface area contributed by atoms with Gasteiger partial charge in [-0.1, -0.05) is 42.8 Å². The molecule has 0 unspecified atom stereocenters. The van der Waals surface area contributed by atoms with Gasteiger partial charge in [-0.25, -0.2) is 0 Å². The molecule has 0 aliphatic heterocycles. The highest BCUT2D eigenvalue weighted by Crippen LogP contribution is 2.63. The Balaban J connectivity index is 2.52. The third kappa shape index (κ3) is 1.67. The van der Waals surface area contributed by atoms with Crippen molar-refractivity contribution < 1.29 is 9.53 Å². The van der Waals surface area contributed by atoms with E-state index in [1.54, 1.807) is 0 Å². The normalized spacial score (nSPS) is 25.8. The number of carbonyl (C=O) groups excluding carboxylic acids is 1. The fraction of sp³-hybridized carbons (Fsp3) is 0.438. The van der Waals surface area contributed by atoms with Gasteiger partial charge < -0.3 is 4.74 Å². The lowest BCUT2D eigenvalue weighted by Gasteiger charge is -2.14. The maximum Gasteiger partial charge on any atom is 0.314 e. The zero-order valence-corrected chi connectivity index (χ0v) is 11.5. The number of rotatable bonds is 3. The van der Waals surface area contributed by atoms with Gasteiger partial charge >= 0.3 is 5.97 Å². The first-order valence-electron chi connectivity index (χ1n) is 6.40. The SMILES string of the molecule is CC[C@]1(c2ccccc2)C(=C(C)C)[C@@H]1C(=O)OC. The Hall–Kier alpha value is -1.57. The van der Waals surface area contributed by atoms with Crippen molar-refractivity contribution in [3.05, 3.63) is 47.0 Å². The van der Waals surface area contributed by atoms with Gasteiger partial charge in [0.1, 0.15) is 0 Å². The first-order chi connectivity index (χ1) is 8.59. The molecule has 1 aromatic rings. The van der Waals surface area contributed by atoms with Gasteiger partial charge in [-0.2, -0.15) is 0 Å². The van der Waals surface area contributed by atoms with Gasteiger partial charge in [0.25, 0.3) is 0 Å². The number of hydrogen-bond acceptors (Lipinski definition) is 2. The predicted molar refractivity (Wildman–Crippen MR) is 72.3 cm³/mol. The molecule has 1 aliphatic rings. The molecular formula is C16H20O2. The topological polar surface area (TPSA) is 26.3 Å². The number of allylic oxidation sites excluding steroid dienone is 1. The number of esters is 1. The fourth-order valence-electron chi connectivity index (χ4n) is 3.20. The lowest BCUT2D eigenvalue weighted by Crippen LogP contribution is -2.15. The van der Waals surface area contributed by atoms with E-state index < -0.39 is 0 Å². The van der Waals surface area contributed by atoms with Crippen LogP contribution in [0, 0.1) is 5.92 Å². The molecule has 0 heterocycles. The van der Waals surface area contributed by atoms with E-state index in [2.05, 4.69) is 32.9 Å². The summed E-state index contributed by atoms with van der Waals surface area (Å²) in [6, 6.07) is 10.3. The van der Waals surface area contributed by atoms with Gasteiger partial charge in [0.2, 0.25) is 0 Å². The fourth-order valence-corrected chi connectivity index (χ4v) is 3.20. The van der Waals surface area contributed by atoms with Crippen LogP contribution in [0.2, 0.25) is 0 Å². The zero-order chi connectivity index (χ0) is 13.3. The summed E-state index contributed by atoms with van der Waals surface area (Å²) in [6.07, 6.45) is 0.928. The summed E-state index contributed by atoms with van der Waals surface area (Å²) in [7, 11) is 1.47. The number of methoxy groups -OCH3 is 1. The van der Waals surface area contributed by atoms with Gasteiger partial charge in [-0.05, 0) is 31.4 Å². The standard InChI is InChI=1S/C16H20O2/c1-5-16(12-9-7-6-8-10-12)13(11(2)3)14(16)15(17)18-4/h6-10,14H,5H2,1-4H3/t14-,16+/m1/s1. The quantitative estimate of drug-likeness (QED) is 0.601. The number of ether oxygens (including phenoxy) is 1. The molecule has 18 heavy (non-hydrogen) atoms. The minimum atomic E-state index is -0.132. The van der Waals surface area contributed by atoms with E-state index in [0.29, 0.717) is 0 Å². The number of carbonyl (C=O) groups is 1. The van der Waals surface area contributed by atoms with Crippen molar-refractivity contribution in [2.24, 2.45) is 5.92 Å². The molecule has 1 aromatic carbocycles. The van der Waals surface area contributed by atoms with E-state index >= 15 is 0 Å². The van der Waals surface area contributed by atoms with Crippen LogP contribution in [-0.2, 0) is 14.9 Å². The molecule has 1 aliphatic carbocycles. The molecule has 2 heteroatoms. The van der Waals surface area contributed by atoms with Crippen molar-refractivity contribution >= 4 is 5.97 Å². The second-order valence-corrected chi connectivity index (χ2v) is 5.06. The van der Waals surface area contributed by atoms with Crippen LogP contribution in [0.25, 0.3) is 0 Å². The van der Waals surface area contributed by atoms with Gasteiger partial charge in [0.15, 0.2) is 0 Å². The maximum absolute atomic E-state index is 12.0. The third-order valence-corrected chi connectivity index (χ3v) is 4.00. The van der Waals surface area contributed by atoms with E-state index in [9.17, 15) is 4.79 Å². The highest BCUT2D eigenvalue weighted by Gasteiger charge is 2.64.